The van der Waals surface area contributed by atoms with E-state index in [-0.39, 0.29) is 0 Å². The van der Waals surface area contributed by atoms with Crippen molar-refractivity contribution in [3.63, 3.8) is 0 Å². The Kier molecular flexibility index (Phi) is 4.75. The van der Waals surface area contributed by atoms with Crippen LogP contribution in [0, 0.1) is 0 Å². The fraction of sp³-hybridized carbons (Fsp3) is 0.318. The van der Waals surface area contributed by atoms with Crippen LogP contribution in [0.2, 0.25) is 0 Å². The molecule has 1 unspecified atom stereocenters. The molecule has 2 aromatic carbocycles. The number of fused-ring (bicyclic) bond motifs is 3. The zero-order chi connectivity index (χ0) is 18.8. The minimum absolute atomic E-state index is 0.604. The summed E-state index contributed by atoms with van der Waals surface area (Å²) in [5.74, 6) is 2.11. The number of rotatable bonds is 6. The third kappa shape index (κ3) is 3.14. The van der Waals surface area contributed by atoms with Crippen LogP contribution in [-0.4, -0.2) is 26.6 Å². The van der Waals surface area contributed by atoms with Crippen LogP contribution in [0.15, 0.2) is 54.9 Å². The Bertz CT molecular complexity index is 1070. The Hall–Kier alpha value is -2.95. The average Bonchev–Trinajstić information content (AvgIpc) is 3.20. The largest absolute Gasteiger partial charge is 0.329 e. The Morgan fingerprint density at radius 3 is 2.74 bits per heavy atom. The van der Waals surface area contributed by atoms with Crippen molar-refractivity contribution < 1.29 is 0 Å². The summed E-state index contributed by atoms with van der Waals surface area (Å²) in [5.41, 5.74) is 3.60. The molecule has 0 aliphatic carbocycles. The Morgan fingerprint density at radius 2 is 1.93 bits per heavy atom. The Labute approximate surface area is 159 Å². The molecule has 5 nitrogen and oxygen atoms in total. The van der Waals surface area contributed by atoms with Crippen molar-refractivity contribution in [3.8, 4) is 0 Å². The minimum atomic E-state index is 0.604. The van der Waals surface area contributed by atoms with Gasteiger partial charge in [-0.3, -0.25) is 4.40 Å². The lowest BCUT2D eigenvalue weighted by molar-refractivity contribution is 0.596. The van der Waals surface area contributed by atoms with E-state index < -0.39 is 0 Å². The third-order valence-corrected chi connectivity index (χ3v) is 5.32. The van der Waals surface area contributed by atoms with Gasteiger partial charge in [0.2, 0.25) is 0 Å². The van der Waals surface area contributed by atoms with Gasteiger partial charge in [-0.2, -0.15) is 4.98 Å². The fourth-order valence-electron chi connectivity index (χ4n) is 3.82. The summed E-state index contributed by atoms with van der Waals surface area (Å²) in [5, 5.41) is 9.27. The molecule has 0 spiro atoms. The van der Waals surface area contributed by atoms with E-state index in [4.69, 9.17) is 4.98 Å². The first-order chi connectivity index (χ1) is 13.2. The van der Waals surface area contributed by atoms with Crippen LogP contribution in [0.1, 0.15) is 44.6 Å². The number of anilines is 2. The van der Waals surface area contributed by atoms with Gasteiger partial charge in [0.05, 0.1) is 5.52 Å². The number of aromatic nitrogens is 4. The van der Waals surface area contributed by atoms with Crippen LogP contribution in [0.5, 0.6) is 0 Å². The second-order valence-corrected chi connectivity index (χ2v) is 7.00. The normalized spacial score (nSPS) is 12.6. The van der Waals surface area contributed by atoms with Crippen molar-refractivity contribution >= 4 is 28.2 Å². The first-order valence-electron chi connectivity index (χ1n) is 9.65. The van der Waals surface area contributed by atoms with Gasteiger partial charge in [0, 0.05) is 18.1 Å². The maximum absolute atomic E-state index is 4.79. The maximum atomic E-state index is 4.79. The van der Waals surface area contributed by atoms with E-state index in [0.717, 1.165) is 28.8 Å². The van der Waals surface area contributed by atoms with E-state index in [2.05, 4.69) is 72.4 Å². The summed E-state index contributed by atoms with van der Waals surface area (Å²) < 4.78 is 1.93. The number of hydrogen-bond donors (Lipinski definition) is 0. The molecule has 0 amide bonds. The molecule has 5 heteroatoms. The van der Waals surface area contributed by atoms with Crippen molar-refractivity contribution in [2.24, 2.45) is 0 Å². The van der Waals surface area contributed by atoms with Crippen LogP contribution in [0.4, 0.5) is 11.5 Å². The lowest BCUT2D eigenvalue weighted by Gasteiger charge is -2.22. The Morgan fingerprint density at radius 1 is 1.07 bits per heavy atom. The summed E-state index contributed by atoms with van der Waals surface area (Å²) in [4.78, 5) is 6.94. The molecule has 4 rings (SSSR count). The molecular weight excluding hydrogens is 334 g/mol. The molecule has 0 aliphatic rings. The quantitative estimate of drug-likeness (QED) is 0.466. The fourth-order valence-corrected chi connectivity index (χ4v) is 3.82. The van der Waals surface area contributed by atoms with Crippen molar-refractivity contribution in [3.05, 3.63) is 60.4 Å². The Balaban J connectivity index is 1.82. The number of nitrogens with zero attached hydrogens (tertiary/aromatic N) is 5. The predicted molar refractivity (Wildman–Crippen MR) is 111 cm³/mol. The number of benzene rings is 2. The molecule has 27 heavy (non-hydrogen) atoms. The van der Waals surface area contributed by atoms with E-state index >= 15 is 0 Å². The van der Waals surface area contributed by atoms with E-state index in [1.165, 1.54) is 18.4 Å². The molecular formula is C22H25N5. The summed E-state index contributed by atoms with van der Waals surface area (Å²) in [7, 11) is 2.07. The lowest BCUT2D eigenvalue weighted by atomic mass is 9.92. The van der Waals surface area contributed by atoms with Gasteiger partial charge < -0.3 is 4.90 Å². The van der Waals surface area contributed by atoms with Gasteiger partial charge in [-0.1, -0.05) is 44.5 Å². The van der Waals surface area contributed by atoms with Crippen molar-refractivity contribution in [2.75, 3.05) is 11.9 Å². The number of hydrogen-bond acceptors (Lipinski definition) is 4. The third-order valence-electron chi connectivity index (χ3n) is 5.32. The average molecular weight is 359 g/mol. The molecule has 2 aromatic heterocycles. The SMILES string of the molecule is CCCC(CC)c1cccc(N(C)c2nc3nncn3c3ccccc23)c1. The second-order valence-electron chi connectivity index (χ2n) is 7.00. The van der Waals surface area contributed by atoms with Crippen LogP contribution < -0.4 is 4.90 Å². The monoisotopic (exact) mass is 359 g/mol. The molecule has 138 valence electrons. The summed E-state index contributed by atoms with van der Waals surface area (Å²) >= 11 is 0. The topological polar surface area (TPSA) is 46.3 Å². The van der Waals surface area contributed by atoms with E-state index in [9.17, 15) is 0 Å². The van der Waals surface area contributed by atoms with Crippen molar-refractivity contribution in [1.29, 1.82) is 0 Å². The molecule has 0 radical (unpaired) electrons. The summed E-state index contributed by atoms with van der Waals surface area (Å²) in [6.07, 6.45) is 5.30. The molecule has 0 fully saturated rings. The van der Waals surface area contributed by atoms with Gasteiger partial charge in [-0.25, -0.2) is 0 Å². The van der Waals surface area contributed by atoms with Gasteiger partial charge in [0.1, 0.15) is 12.1 Å². The molecule has 0 N–H and O–H groups in total. The molecule has 0 aliphatic heterocycles. The standard InChI is InChI=1S/C22H25N5/c1-4-9-16(5-2)17-10-8-11-18(14-17)26(3)21-19-12-6-7-13-20(19)27-15-23-25-22(27)24-21/h6-8,10-16H,4-5,9H2,1-3H3. The smallest absolute Gasteiger partial charge is 0.257 e. The van der Waals surface area contributed by atoms with Crippen LogP contribution in [0.3, 0.4) is 0 Å². The molecule has 1 atom stereocenters. The van der Waals surface area contributed by atoms with Crippen molar-refractivity contribution in [2.45, 2.75) is 39.0 Å². The van der Waals surface area contributed by atoms with E-state index in [0.29, 0.717) is 11.7 Å². The maximum Gasteiger partial charge on any atom is 0.257 e. The highest BCUT2D eigenvalue weighted by atomic mass is 15.3. The van der Waals surface area contributed by atoms with Crippen LogP contribution >= 0.6 is 0 Å². The van der Waals surface area contributed by atoms with Crippen LogP contribution in [0.25, 0.3) is 16.7 Å². The van der Waals surface area contributed by atoms with Gasteiger partial charge >= 0.3 is 0 Å². The minimum Gasteiger partial charge on any atom is -0.329 e. The van der Waals surface area contributed by atoms with Crippen molar-refractivity contribution in [1.82, 2.24) is 19.6 Å². The highest BCUT2D eigenvalue weighted by Crippen LogP contribution is 2.33. The van der Waals surface area contributed by atoms with Gasteiger partial charge in [0.15, 0.2) is 0 Å². The molecule has 0 bridgehead atoms. The van der Waals surface area contributed by atoms with E-state index in [1.54, 1.807) is 6.33 Å². The number of para-hydroxylation sites is 1. The zero-order valence-corrected chi connectivity index (χ0v) is 16.1. The molecule has 2 heterocycles. The highest BCUT2D eigenvalue weighted by Gasteiger charge is 2.16. The molecule has 0 saturated heterocycles. The first-order valence-corrected chi connectivity index (χ1v) is 9.65. The molecule has 4 aromatic rings. The first kappa shape index (κ1) is 17.5. The second kappa shape index (κ2) is 7.35. The lowest BCUT2D eigenvalue weighted by Crippen LogP contribution is -2.13. The van der Waals surface area contributed by atoms with Crippen LogP contribution in [-0.2, 0) is 0 Å². The van der Waals surface area contributed by atoms with Gasteiger partial charge in [0.25, 0.3) is 5.78 Å². The highest BCUT2D eigenvalue weighted by molar-refractivity contribution is 5.93. The van der Waals surface area contributed by atoms with E-state index in [1.807, 2.05) is 16.5 Å². The molecule has 0 saturated carbocycles. The summed E-state index contributed by atoms with van der Waals surface area (Å²) in [6.45, 7) is 4.52. The van der Waals surface area contributed by atoms with Gasteiger partial charge in [-0.15, -0.1) is 10.2 Å². The van der Waals surface area contributed by atoms with Gasteiger partial charge in [-0.05, 0) is 48.6 Å². The zero-order valence-electron chi connectivity index (χ0n) is 16.1. The summed E-state index contributed by atoms with van der Waals surface area (Å²) in [6, 6.07) is 17.1. The predicted octanol–water partition coefficient (Wildman–Crippen LogP) is 5.34.